The number of fused-ring (bicyclic) bond motifs is 4. The molecule has 0 bridgehead atoms. The number of benzene rings is 13. The van der Waals surface area contributed by atoms with Crippen molar-refractivity contribution in [1.29, 1.82) is 0 Å². The van der Waals surface area contributed by atoms with Crippen LogP contribution in [0.2, 0.25) is 0 Å². The molecule has 0 unspecified atom stereocenters. The minimum absolute atomic E-state index is 0. The van der Waals surface area contributed by atoms with Crippen LogP contribution in [0.25, 0.3) is 88.4 Å². The number of halogens is 2. The van der Waals surface area contributed by atoms with Crippen LogP contribution in [0.5, 0.6) is 0 Å². The molecular formula is C111H110F2Hf2N4-4. The number of nitrogens with zero attached hydrogens (tertiary/aromatic N) is 3. The summed E-state index contributed by atoms with van der Waals surface area (Å²) in [7, 11) is 0. The first kappa shape index (κ1) is 94.6. The van der Waals surface area contributed by atoms with Gasteiger partial charge in [0.1, 0.15) is 11.6 Å². The summed E-state index contributed by atoms with van der Waals surface area (Å²) in [4.78, 5) is 17.1. The Hall–Kier alpha value is -11.5. The molecule has 1 N–H and O–H groups in total. The summed E-state index contributed by atoms with van der Waals surface area (Å²) in [6.45, 7) is 52.9. The topological polar surface area (TPSA) is 55.7 Å². The fourth-order valence-corrected chi connectivity index (χ4v) is 12.5. The standard InChI is InChI=1S/C31H31FN2.C31H30FN2.7C7H7.2Hf/c2*1-30(2,3)21-9-10-24-20(16-21)15-19-7-8-22(31(4,5)6)17-25(19)29(24)27-12-11-26(34-27)28-18-23(32)13-14-33-28;7*1-7-5-3-2-4-6-7;;/h7-18,34H,1-6H3;7-18H,1-6H3;7*2-6H,1H2;;/q;8*-1;;+4. The first-order valence-corrected chi connectivity index (χ1v) is 39.5. The van der Waals surface area contributed by atoms with Crippen molar-refractivity contribution in [3.05, 3.63) is 479 Å². The average Bonchev–Trinajstić information content (AvgIpc) is 1.66. The third-order valence-corrected chi connectivity index (χ3v) is 19.1. The number of hydrogen-bond donors (Lipinski definition) is 1. The molecule has 4 heterocycles. The molecule has 0 amide bonds. The van der Waals surface area contributed by atoms with Crippen molar-refractivity contribution in [3.8, 4) is 45.3 Å². The van der Waals surface area contributed by atoms with Gasteiger partial charge in [-0.2, -0.15) is 172 Å². The molecule has 4 aromatic heterocycles. The first-order chi connectivity index (χ1) is 55.8. The monoisotopic (exact) mass is 1900 g/mol. The molecule has 17 aromatic rings. The molecule has 0 aliphatic carbocycles. The van der Waals surface area contributed by atoms with E-state index in [4.69, 9.17) is 4.98 Å². The van der Waals surface area contributed by atoms with Gasteiger partial charge in [0.25, 0.3) is 0 Å². The van der Waals surface area contributed by atoms with Gasteiger partial charge >= 0.3 is 25.8 Å². The maximum atomic E-state index is 13.8. The zero-order valence-electron chi connectivity index (χ0n) is 71.1. The second kappa shape index (κ2) is 44.9. The Kier molecular flexibility index (Phi) is 35.7. The summed E-state index contributed by atoms with van der Waals surface area (Å²) in [5.41, 5.74) is 19.7. The number of hydrogen-bond acceptors (Lipinski definition) is 2. The van der Waals surface area contributed by atoms with E-state index in [1.54, 1.807) is 0 Å². The molecule has 0 radical (unpaired) electrons. The molecule has 600 valence electrons. The van der Waals surface area contributed by atoms with Gasteiger partial charge in [-0.3, -0.25) is 9.97 Å². The molecule has 13 aromatic carbocycles. The predicted octanol–water partition coefficient (Wildman–Crippen LogP) is 30.3. The minimum Gasteiger partial charge on any atom is -0.656 e. The summed E-state index contributed by atoms with van der Waals surface area (Å²) in [5, 5.41) is 9.58. The van der Waals surface area contributed by atoms with E-state index in [1.807, 2.05) is 231 Å². The van der Waals surface area contributed by atoms with Crippen molar-refractivity contribution in [1.82, 2.24) is 19.9 Å². The Balaban J connectivity index is 0.000000208. The van der Waals surface area contributed by atoms with Crippen LogP contribution in [-0.4, -0.2) is 15.0 Å². The van der Waals surface area contributed by atoms with Gasteiger partial charge in [0, 0.05) is 55.6 Å². The van der Waals surface area contributed by atoms with Gasteiger partial charge in [-0.1, -0.05) is 204 Å². The van der Waals surface area contributed by atoms with E-state index in [0.717, 1.165) is 61.6 Å². The number of aromatic nitrogens is 4. The fraction of sp³-hybridized carbons (Fsp3) is 0.144. The smallest absolute Gasteiger partial charge is 0.656 e. The molecule has 8 heteroatoms. The Bertz CT molecular complexity index is 5280. The molecule has 119 heavy (non-hydrogen) atoms. The molecule has 0 aliphatic heterocycles. The van der Waals surface area contributed by atoms with E-state index in [1.165, 1.54) is 108 Å². The van der Waals surface area contributed by atoms with E-state index in [9.17, 15) is 8.78 Å². The zero-order valence-corrected chi connectivity index (χ0v) is 78.3. The van der Waals surface area contributed by atoms with Crippen LogP contribution in [0.3, 0.4) is 0 Å². The van der Waals surface area contributed by atoms with Crippen LogP contribution in [0.1, 0.15) is 144 Å². The van der Waals surface area contributed by atoms with Gasteiger partial charge in [0.2, 0.25) is 0 Å². The third-order valence-electron chi connectivity index (χ3n) is 19.1. The number of nitrogens with one attached hydrogen (secondary N) is 1. The van der Waals surface area contributed by atoms with Crippen molar-refractivity contribution < 1.29 is 60.5 Å². The quantitative estimate of drug-likeness (QED) is 0.109. The van der Waals surface area contributed by atoms with E-state index < -0.39 is 0 Å². The number of pyridine rings is 2. The summed E-state index contributed by atoms with van der Waals surface area (Å²) in [6, 6.07) is 114. The van der Waals surface area contributed by atoms with Crippen molar-refractivity contribution in [2.45, 2.75) is 105 Å². The first-order valence-electron chi connectivity index (χ1n) is 39.5. The van der Waals surface area contributed by atoms with Crippen molar-refractivity contribution in [2.75, 3.05) is 0 Å². The summed E-state index contributed by atoms with van der Waals surface area (Å²) >= 11 is 0. The molecule has 0 atom stereocenters. The second-order valence-corrected chi connectivity index (χ2v) is 32.9. The average molecular weight is 1900 g/mol. The second-order valence-electron chi connectivity index (χ2n) is 32.9. The maximum absolute atomic E-state index is 13.8. The minimum atomic E-state index is -0.310. The Morgan fingerprint density at radius 2 is 0.538 bits per heavy atom. The molecule has 17 rings (SSSR count). The number of H-pyrrole nitrogens is 1. The normalized spacial score (nSPS) is 10.7. The largest absolute Gasteiger partial charge is 4.00 e. The number of rotatable bonds is 4. The number of aromatic amines is 1. The molecule has 0 saturated heterocycles. The van der Waals surface area contributed by atoms with Gasteiger partial charge in [0.15, 0.2) is 0 Å². The van der Waals surface area contributed by atoms with Crippen LogP contribution < -0.4 is 4.98 Å². The van der Waals surface area contributed by atoms with Crippen LogP contribution in [-0.2, 0) is 73.3 Å². The summed E-state index contributed by atoms with van der Waals surface area (Å²) in [6.07, 6.45) is 2.98. The molecule has 4 nitrogen and oxygen atoms in total. The SMILES string of the molecule is CC(C)(C)c1ccc2c(-c3ccc(-c4cc(F)ccn4)[n-]3)c3cc(C(C)(C)C)ccc3cc2c1.CC(C)(C)c1ccc2c(-c3ccc(-c4cc(F)ccn4)[nH]3)c3cc(C(C)(C)C)ccc3cc2c1.[CH2-]c1ccccc1.[CH2-]c1ccccc1.[CH2-]c1ccccc1.[CH2-]c1ccccc1.[CH2-]c1ccccc1.[CH2-]c1ccccc1.[CH2-]c1ccccc1.[Hf+4].[Hf]. The summed E-state index contributed by atoms with van der Waals surface area (Å²) < 4.78 is 27.7. The fourth-order valence-electron chi connectivity index (χ4n) is 12.5. The Morgan fingerprint density at radius 3 is 0.849 bits per heavy atom. The third kappa shape index (κ3) is 29.5. The van der Waals surface area contributed by atoms with E-state index in [2.05, 4.69) is 237 Å². The van der Waals surface area contributed by atoms with Crippen LogP contribution in [0.15, 0.2) is 358 Å². The van der Waals surface area contributed by atoms with E-state index in [0.29, 0.717) is 17.1 Å². The molecule has 0 aliphatic rings. The van der Waals surface area contributed by atoms with Crippen molar-refractivity contribution in [3.63, 3.8) is 0 Å². The predicted molar refractivity (Wildman–Crippen MR) is 499 cm³/mol. The van der Waals surface area contributed by atoms with Gasteiger partial charge in [-0.15, -0.1) is 96.3 Å². The molecule has 0 fully saturated rings. The van der Waals surface area contributed by atoms with Crippen molar-refractivity contribution in [2.24, 2.45) is 0 Å². The van der Waals surface area contributed by atoms with Crippen LogP contribution in [0.4, 0.5) is 8.78 Å². The molecule has 0 spiro atoms. The molecular weight excluding hydrogens is 1780 g/mol. The van der Waals surface area contributed by atoms with Crippen LogP contribution >= 0.6 is 0 Å². The Morgan fingerprint density at radius 1 is 0.261 bits per heavy atom. The van der Waals surface area contributed by atoms with Gasteiger partial charge in [-0.25, -0.2) is 8.78 Å². The van der Waals surface area contributed by atoms with Gasteiger partial charge in [-0.05, 0) is 141 Å². The van der Waals surface area contributed by atoms with E-state index >= 15 is 0 Å². The zero-order chi connectivity index (χ0) is 84.3. The van der Waals surface area contributed by atoms with E-state index in [-0.39, 0.29) is 85.0 Å². The van der Waals surface area contributed by atoms with Crippen LogP contribution in [0, 0.1) is 60.1 Å². The maximum Gasteiger partial charge on any atom is 4.00 e. The van der Waals surface area contributed by atoms with Crippen molar-refractivity contribution >= 4 is 43.1 Å². The molecule has 0 saturated carbocycles. The summed E-state index contributed by atoms with van der Waals surface area (Å²) in [5.74, 6) is -0.601. The Labute approximate surface area is 746 Å². The van der Waals surface area contributed by atoms with Gasteiger partial charge in [0.05, 0.1) is 17.1 Å². The van der Waals surface area contributed by atoms with Gasteiger partial charge < -0.3 is 9.97 Å².